The number of fused-ring (bicyclic) bond motifs is 18. The molecule has 0 amide bonds. The van der Waals surface area contributed by atoms with Gasteiger partial charge in [0.1, 0.15) is 0 Å². The molecular weight excluding hydrogens is 1150 g/mol. The van der Waals surface area contributed by atoms with Crippen molar-refractivity contribution in [3.8, 4) is 84.2 Å². The van der Waals surface area contributed by atoms with Crippen LogP contribution in [0.5, 0.6) is 0 Å². The number of hydrogen-bond acceptors (Lipinski definition) is 2. The van der Waals surface area contributed by atoms with Crippen LogP contribution in [0.15, 0.2) is 297 Å². The van der Waals surface area contributed by atoms with Gasteiger partial charge in [-0.2, -0.15) is 0 Å². The second-order valence-electron chi connectivity index (χ2n) is 27.3. The third-order valence-corrected chi connectivity index (χ3v) is 21.5. The van der Waals surface area contributed by atoms with Gasteiger partial charge in [0.15, 0.2) is 5.82 Å². The smallest absolute Gasteiger partial charge is 0.160 e. The van der Waals surface area contributed by atoms with E-state index in [2.05, 4.69) is 339 Å². The summed E-state index contributed by atoms with van der Waals surface area (Å²) in [6, 6.07) is 110. The maximum atomic E-state index is 5.39. The molecule has 0 unspecified atom stereocenters. The third-order valence-electron chi connectivity index (χ3n) is 21.5. The summed E-state index contributed by atoms with van der Waals surface area (Å²) in [5, 5.41) is 10.6. The standard InChI is InChI=1S/C90H61N5/c1-89(2)76-26-14-10-22-65(76)67-44-39-62(52-78(67)89)94-80-28-16-12-24-69(80)74-48-57(35-46-82(74)94)59-33-41-71-72-42-34-60(58-36-47-83-75(49-58)70-25-13-17-29-81(70)95(83)63-40-45-68-66-23-11-15-27-77(66)90(3,4)79(68)53-63)51-85(72)93(84(71)50-59)61-37-30-56(31-38-61)88-91-86(55-19-6-5-7-20-55)73-43-32-54-18-8-9-21-64(54)87(73)92-88/h5-53H,1-4H3. The van der Waals surface area contributed by atoms with Crippen LogP contribution in [-0.2, 0) is 10.8 Å². The van der Waals surface area contributed by atoms with Crippen LogP contribution in [0.1, 0.15) is 49.9 Å². The largest absolute Gasteiger partial charge is 0.309 e. The van der Waals surface area contributed by atoms with Crippen LogP contribution in [0, 0.1) is 0 Å². The van der Waals surface area contributed by atoms with Crippen molar-refractivity contribution in [1.82, 2.24) is 23.7 Å². The fourth-order valence-corrected chi connectivity index (χ4v) is 16.7. The Morgan fingerprint density at radius 1 is 0.242 bits per heavy atom. The Morgan fingerprint density at radius 3 is 1.22 bits per heavy atom. The quantitative estimate of drug-likeness (QED) is 0.149. The van der Waals surface area contributed by atoms with E-state index in [-0.39, 0.29) is 10.8 Å². The second-order valence-corrected chi connectivity index (χ2v) is 27.3. The first-order valence-corrected chi connectivity index (χ1v) is 33.1. The van der Waals surface area contributed by atoms with Crippen LogP contribution in [0.4, 0.5) is 0 Å². The molecule has 2 aliphatic carbocycles. The molecule has 0 radical (unpaired) electrons. The highest BCUT2D eigenvalue weighted by atomic mass is 15.0. The summed E-state index contributed by atoms with van der Waals surface area (Å²) in [5.74, 6) is 0.690. The highest BCUT2D eigenvalue weighted by Gasteiger charge is 2.37. The van der Waals surface area contributed by atoms with Gasteiger partial charge in [0.2, 0.25) is 0 Å². The minimum Gasteiger partial charge on any atom is -0.309 e. The van der Waals surface area contributed by atoms with E-state index in [4.69, 9.17) is 9.97 Å². The lowest BCUT2D eigenvalue weighted by Gasteiger charge is -2.22. The van der Waals surface area contributed by atoms with Gasteiger partial charge in [-0.3, -0.25) is 0 Å². The molecule has 20 rings (SSSR count). The summed E-state index contributed by atoms with van der Waals surface area (Å²) >= 11 is 0. The van der Waals surface area contributed by atoms with Crippen LogP contribution in [0.25, 0.3) is 171 Å². The second kappa shape index (κ2) is 19.8. The van der Waals surface area contributed by atoms with Gasteiger partial charge in [-0.15, -0.1) is 0 Å². The van der Waals surface area contributed by atoms with Gasteiger partial charge < -0.3 is 13.7 Å². The Morgan fingerprint density at radius 2 is 0.653 bits per heavy atom. The number of rotatable bonds is 7. The summed E-state index contributed by atoms with van der Waals surface area (Å²) in [6.45, 7) is 9.46. The first-order chi connectivity index (χ1) is 46.6. The molecule has 0 atom stereocenters. The van der Waals surface area contributed by atoms with Gasteiger partial charge in [-0.25, -0.2) is 9.97 Å². The van der Waals surface area contributed by atoms with Crippen molar-refractivity contribution in [2.24, 2.45) is 0 Å². The zero-order valence-corrected chi connectivity index (χ0v) is 53.0. The Hall–Kier alpha value is -11.9. The summed E-state index contributed by atoms with van der Waals surface area (Å²) in [7, 11) is 0. The molecule has 0 bridgehead atoms. The molecule has 446 valence electrons. The zero-order chi connectivity index (χ0) is 63.0. The molecular formula is C90H61N5. The highest BCUT2D eigenvalue weighted by Crippen LogP contribution is 2.52. The average Bonchev–Trinajstić information content (AvgIpc) is 1.61. The molecule has 0 saturated carbocycles. The minimum absolute atomic E-state index is 0.111. The predicted molar refractivity (Wildman–Crippen MR) is 397 cm³/mol. The van der Waals surface area contributed by atoms with Crippen molar-refractivity contribution in [1.29, 1.82) is 0 Å². The summed E-state index contributed by atoms with van der Waals surface area (Å²) in [5.41, 5.74) is 29.5. The molecule has 18 aromatic rings. The van der Waals surface area contributed by atoms with Crippen molar-refractivity contribution in [3.63, 3.8) is 0 Å². The predicted octanol–water partition coefficient (Wildman–Crippen LogP) is 23.4. The molecule has 95 heavy (non-hydrogen) atoms. The first-order valence-electron chi connectivity index (χ1n) is 33.1. The van der Waals surface area contributed by atoms with Gasteiger partial charge in [0, 0.05) is 82.1 Å². The molecule has 4 aromatic heterocycles. The van der Waals surface area contributed by atoms with Gasteiger partial charge in [0.25, 0.3) is 0 Å². The lowest BCUT2D eigenvalue weighted by molar-refractivity contribution is 0.660. The Balaban J connectivity index is 0.747. The molecule has 4 heterocycles. The lowest BCUT2D eigenvalue weighted by Crippen LogP contribution is -2.15. The van der Waals surface area contributed by atoms with E-state index in [1.54, 1.807) is 0 Å². The van der Waals surface area contributed by atoms with E-state index in [9.17, 15) is 0 Å². The van der Waals surface area contributed by atoms with Crippen molar-refractivity contribution in [2.45, 2.75) is 38.5 Å². The number of benzene rings is 14. The first kappa shape index (κ1) is 53.7. The van der Waals surface area contributed by atoms with Crippen LogP contribution < -0.4 is 0 Å². The molecule has 0 spiro atoms. The van der Waals surface area contributed by atoms with E-state index < -0.39 is 0 Å². The lowest BCUT2D eigenvalue weighted by atomic mass is 9.82. The Bertz CT molecular complexity index is 6050. The number of para-hydroxylation sites is 2. The van der Waals surface area contributed by atoms with Crippen LogP contribution in [-0.4, -0.2) is 23.7 Å². The SMILES string of the molecule is CC1(C)c2ccccc2-c2ccc(-n3c4ccccc4c4cc(-c5ccc6c7ccc(-c8ccc9c(c8)c8ccccc8n9-c8ccc9c(c8)C(C)(C)c8ccccc8-9)cc7n(-c7ccc(-c8nc(-c9ccccc9)c9ccc%10ccccc%10c9n8)cc7)c6c5)ccc43)cc21. The molecule has 0 aliphatic heterocycles. The molecule has 0 saturated heterocycles. The van der Waals surface area contributed by atoms with Crippen LogP contribution in [0.2, 0.25) is 0 Å². The number of hydrogen-bond donors (Lipinski definition) is 0. The molecule has 5 nitrogen and oxygen atoms in total. The summed E-state index contributed by atoms with van der Waals surface area (Å²) in [4.78, 5) is 10.8. The van der Waals surface area contributed by atoms with E-state index >= 15 is 0 Å². The van der Waals surface area contributed by atoms with E-state index in [1.807, 2.05) is 0 Å². The summed E-state index contributed by atoms with van der Waals surface area (Å²) < 4.78 is 7.41. The van der Waals surface area contributed by atoms with E-state index in [0.29, 0.717) is 5.82 Å². The fourth-order valence-electron chi connectivity index (χ4n) is 16.7. The maximum absolute atomic E-state index is 5.39. The van der Waals surface area contributed by atoms with Gasteiger partial charge in [-0.05, 0) is 175 Å². The number of aromatic nitrogens is 5. The highest BCUT2D eigenvalue weighted by molar-refractivity contribution is 6.15. The Kier molecular flexibility index (Phi) is 11.2. The third kappa shape index (κ3) is 7.78. The molecule has 14 aromatic carbocycles. The van der Waals surface area contributed by atoms with Gasteiger partial charge in [-0.1, -0.05) is 222 Å². The molecule has 2 aliphatic rings. The van der Waals surface area contributed by atoms with Crippen molar-refractivity contribution >= 4 is 87.1 Å². The maximum Gasteiger partial charge on any atom is 0.160 e. The van der Waals surface area contributed by atoms with E-state index in [1.165, 1.54) is 110 Å². The van der Waals surface area contributed by atoms with Crippen LogP contribution >= 0.6 is 0 Å². The monoisotopic (exact) mass is 1210 g/mol. The number of nitrogens with zero attached hydrogens (tertiary/aromatic N) is 5. The van der Waals surface area contributed by atoms with Crippen molar-refractivity contribution in [2.75, 3.05) is 0 Å². The summed E-state index contributed by atoms with van der Waals surface area (Å²) in [6.07, 6.45) is 0. The van der Waals surface area contributed by atoms with Crippen molar-refractivity contribution < 1.29 is 0 Å². The van der Waals surface area contributed by atoms with E-state index in [0.717, 1.165) is 77.5 Å². The van der Waals surface area contributed by atoms with Crippen molar-refractivity contribution in [3.05, 3.63) is 320 Å². The Labute approximate surface area is 549 Å². The van der Waals surface area contributed by atoms with Gasteiger partial charge in [0.05, 0.1) is 44.3 Å². The topological polar surface area (TPSA) is 40.6 Å². The average molecular weight is 1210 g/mol. The normalized spacial score (nSPS) is 13.6. The molecule has 0 N–H and O–H groups in total. The minimum atomic E-state index is -0.111. The zero-order valence-electron chi connectivity index (χ0n) is 53.0. The fraction of sp³-hybridized carbons (Fsp3) is 0.0667. The van der Waals surface area contributed by atoms with Gasteiger partial charge >= 0.3 is 0 Å². The molecule has 0 fully saturated rings. The molecule has 5 heteroatoms. The van der Waals surface area contributed by atoms with Crippen LogP contribution in [0.3, 0.4) is 0 Å².